The summed E-state index contributed by atoms with van der Waals surface area (Å²) in [5.41, 5.74) is 9.29. The van der Waals surface area contributed by atoms with Crippen LogP contribution in [0.25, 0.3) is 6.08 Å². The minimum atomic E-state index is -0.758. The largest absolute Gasteiger partial charge is 0.364 e. The average molecular weight is 374 g/mol. The zero-order valence-corrected chi connectivity index (χ0v) is 15.3. The number of nitrogens with one attached hydrogen (secondary N) is 1. The van der Waals surface area contributed by atoms with Gasteiger partial charge in [-0.1, -0.05) is 42.0 Å². The van der Waals surface area contributed by atoms with Crippen molar-refractivity contribution >= 4 is 29.5 Å². The second-order valence-corrected chi connectivity index (χ2v) is 7.72. The Balaban J connectivity index is 1.65. The summed E-state index contributed by atoms with van der Waals surface area (Å²) in [5, 5.41) is 0. The Kier molecular flexibility index (Phi) is 3.54. The van der Waals surface area contributed by atoms with E-state index in [9.17, 15) is 14.4 Å². The van der Waals surface area contributed by atoms with Gasteiger partial charge in [0.2, 0.25) is 11.8 Å². The quantitative estimate of drug-likeness (QED) is 0.754. The minimum absolute atomic E-state index is 0.254. The normalized spacial score (nSPS) is 30.2. The number of aryl methyl sites for hydroxylation is 1. The van der Waals surface area contributed by atoms with Crippen LogP contribution in [0.4, 0.5) is 5.69 Å². The zero-order valence-electron chi connectivity index (χ0n) is 15.3. The standard InChI is InChI=1S/C22H19N3O3/c1-12-6-8-14(9-7-12)25-21(27)16-17(22(25)28)19(20(23)26)24-11-10-13-4-2-3-5-15(13)18(16)24/h2-11,16-19H,1H3,(H2,23,26)/p+1/t16-,17+,18-,19-/m1/s1. The van der Waals surface area contributed by atoms with Crippen LogP contribution in [0.5, 0.6) is 0 Å². The van der Waals surface area contributed by atoms with Crippen molar-refractivity contribution < 1.29 is 19.3 Å². The van der Waals surface area contributed by atoms with Gasteiger partial charge in [0.25, 0.3) is 5.91 Å². The van der Waals surface area contributed by atoms with Crippen LogP contribution < -0.4 is 15.5 Å². The van der Waals surface area contributed by atoms with Gasteiger partial charge in [-0.25, -0.2) is 4.90 Å². The van der Waals surface area contributed by atoms with Crippen molar-refractivity contribution in [3.05, 3.63) is 71.4 Å². The van der Waals surface area contributed by atoms with Crippen LogP contribution in [0.1, 0.15) is 22.7 Å². The van der Waals surface area contributed by atoms with E-state index in [0.717, 1.165) is 21.6 Å². The molecule has 3 N–H and O–H groups in total. The lowest BCUT2D eigenvalue weighted by molar-refractivity contribution is -0.884. The molecule has 6 nitrogen and oxygen atoms in total. The number of carbonyl (C=O) groups excluding carboxylic acids is 3. The minimum Gasteiger partial charge on any atom is -0.364 e. The van der Waals surface area contributed by atoms with Crippen molar-refractivity contribution in [2.45, 2.75) is 19.0 Å². The van der Waals surface area contributed by atoms with Crippen molar-refractivity contribution in [2.75, 3.05) is 4.90 Å². The van der Waals surface area contributed by atoms with E-state index in [2.05, 4.69) is 0 Å². The van der Waals surface area contributed by atoms with E-state index in [1.165, 1.54) is 4.90 Å². The lowest BCUT2D eigenvalue weighted by Crippen LogP contribution is -3.12. The van der Waals surface area contributed by atoms with Crippen molar-refractivity contribution in [3.8, 4) is 0 Å². The maximum Gasteiger partial charge on any atom is 0.277 e. The number of imide groups is 1. The monoisotopic (exact) mass is 374 g/mol. The summed E-state index contributed by atoms with van der Waals surface area (Å²) in [5.74, 6) is -2.50. The van der Waals surface area contributed by atoms with Gasteiger partial charge in [0.15, 0.2) is 6.04 Å². The molecule has 5 atom stereocenters. The Morgan fingerprint density at radius 3 is 2.39 bits per heavy atom. The average Bonchev–Trinajstić information content (AvgIpc) is 3.16. The highest BCUT2D eigenvalue weighted by atomic mass is 16.2. The molecule has 0 radical (unpaired) electrons. The maximum atomic E-state index is 13.4. The Morgan fingerprint density at radius 2 is 1.68 bits per heavy atom. The van der Waals surface area contributed by atoms with Gasteiger partial charge in [-0.05, 0) is 30.7 Å². The van der Waals surface area contributed by atoms with E-state index in [-0.39, 0.29) is 17.9 Å². The first-order valence-electron chi connectivity index (χ1n) is 9.36. The summed E-state index contributed by atoms with van der Waals surface area (Å²) in [6, 6.07) is 14.0. The molecular formula is C22H20N3O3+. The number of primary amides is 1. The molecule has 28 heavy (non-hydrogen) atoms. The second-order valence-electron chi connectivity index (χ2n) is 7.72. The summed E-state index contributed by atoms with van der Waals surface area (Å²) < 4.78 is 0. The number of anilines is 1. The van der Waals surface area contributed by atoms with Crippen LogP contribution >= 0.6 is 0 Å². The zero-order chi connectivity index (χ0) is 19.6. The van der Waals surface area contributed by atoms with Gasteiger partial charge in [0.1, 0.15) is 17.9 Å². The van der Waals surface area contributed by atoms with Crippen LogP contribution in [0.2, 0.25) is 0 Å². The van der Waals surface area contributed by atoms with E-state index in [0.29, 0.717) is 5.69 Å². The summed E-state index contributed by atoms with van der Waals surface area (Å²) in [6.45, 7) is 1.95. The third-order valence-electron chi connectivity index (χ3n) is 6.22. The number of nitrogens with two attached hydrogens (primary N) is 1. The lowest BCUT2D eigenvalue weighted by Gasteiger charge is -2.30. The fourth-order valence-electron chi connectivity index (χ4n) is 5.02. The van der Waals surface area contributed by atoms with Gasteiger partial charge in [-0.2, -0.15) is 0 Å². The molecule has 0 bridgehead atoms. The molecule has 140 valence electrons. The molecule has 1 unspecified atom stereocenters. The molecule has 6 heteroatoms. The number of nitrogens with zero attached hydrogens (tertiary/aromatic N) is 1. The summed E-state index contributed by atoms with van der Waals surface area (Å²) >= 11 is 0. The Morgan fingerprint density at radius 1 is 1.00 bits per heavy atom. The molecule has 5 rings (SSSR count). The SMILES string of the molecule is Cc1ccc(N2C(=O)[C@@H]3[C@H](C2=O)[C@H](C(N)=O)[NH+]2C=Cc4ccccc4[C@H]32)cc1. The van der Waals surface area contributed by atoms with E-state index in [1.54, 1.807) is 12.1 Å². The predicted octanol–water partition coefficient (Wildman–Crippen LogP) is 0.579. The van der Waals surface area contributed by atoms with Gasteiger partial charge in [0, 0.05) is 5.56 Å². The maximum absolute atomic E-state index is 13.4. The second kappa shape index (κ2) is 5.87. The third kappa shape index (κ3) is 2.15. The van der Waals surface area contributed by atoms with Crippen LogP contribution in [-0.2, 0) is 14.4 Å². The summed E-state index contributed by atoms with van der Waals surface area (Å²) in [6.07, 6.45) is 3.81. The number of rotatable bonds is 2. The van der Waals surface area contributed by atoms with Crippen molar-refractivity contribution in [3.63, 3.8) is 0 Å². The van der Waals surface area contributed by atoms with Gasteiger partial charge >= 0.3 is 0 Å². The smallest absolute Gasteiger partial charge is 0.277 e. The lowest BCUT2D eigenvalue weighted by atomic mass is 9.84. The van der Waals surface area contributed by atoms with E-state index >= 15 is 0 Å². The van der Waals surface area contributed by atoms with Gasteiger partial charge in [-0.3, -0.25) is 19.3 Å². The van der Waals surface area contributed by atoms with Gasteiger partial charge < -0.3 is 5.73 Å². The first-order chi connectivity index (χ1) is 13.5. The first-order valence-corrected chi connectivity index (χ1v) is 9.36. The van der Waals surface area contributed by atoms with Crippen molar-refractivity contribution in [2.24, 2.45) is 17.6 Å². The Bertz CT molecular complexity index is 1040. The van der Waals surface area contributed by atoms with Crippen LogP contribution in [0.15, 0.2) is 54.7 Å². The molecule has 0 aromatic heterocycles. The van der Waals surface area contributed by atoms with Crippen molar-refractivity contribution in [1.82, 2.24) is 0 Å². The number of carbonyl (C=O) groups is 3. The van der Waals surface area contributed by atoms with Crippen LogP contribution in [-0.4, -0.2) is 23.8 Å². The number of quaternary nitrogens is 1. The Hall–Kier alpha value is -3.25. The molecule has 3 aliphatic heterocycles. The highest BCUT2D eigenvalue weighted by Crippen LogP contribution is 2.44. The molecule has 0 aliphatic carbocycles. The number of fused-ring (bicyclic) bond motifs is 5. The number of hydrogen-bond acceptors (Lipinski definition) is 3. The highest BCUT2D eigenvalue weighted by Gasteiger charge is 2.67. The van der Waals surface area contributed by atoms with Crippen LogP contribution in [0, 0.1) is 18.8 Å². The van der Waals surface area contributed by atoms with E-state index in [1.807, 2.05) is 55.6 Å². The molecule has 2 saturated heterocycles. The molecule has 2 aromatic rings. The fraction of sp³-hybridized carbons (Fsp3) is 0.227. The summed E-state index contributed by atoms with van der Waals surface area (Å²) in [7, 11) is 0. The van der Waals surface area contributed by atoms with E-state index < -0.39 is 23.8 Å². The topological polar surface area (TPSA) is 84.9 Å². The number of benzene rings is 2. The first kappa shape index (κ1) is 16.9. The Labute approximate surface area is 162 Å². The molecule has 0 saturated carbocycles. The molecule has 3 heterocycles. The van der Waals surface area contributed by atoms with Crippen molar-refractivity contribution in [1.29, 1.82) is 0 Å². The summed E-state index contributed by atoms with van der Waals surface area (Å²) in [4.78, 5) is 41.1. The third-order valence-corrected chi connectivity index (χ3v) is 6.22. The van der Waals surface area contributed by atoms with Gasteiger partial charge in [-0.15, -0.1) is 0 Å². The molecule has 0 spiro atoms. The number of hydrogen-bond donors (Lipinski definition) is 2. The van der Waals surface area contributed by atoms with Crippen LogP contribution in [0.3, 0.4) is 0 Å². The molecule has 3 amide bonds. The fourth-order valence-corrected chi connectivity index (χ4v) is 5.02. The molecule has 3 aliphatic rings. The molecule has 2 fully saturated rings. The number of amides is 3. The highest BCUT2D eigenvalue weighted by molar-refractivity contribution is 6.23. The van der Waals surface area contributed by atoms with Gasteiger partial charge in [0.05, 0.1) is 11.9 Å². The molecule has 2 aromatic carbocycles. The van der Waals surface area contributed by atoms with E-state index in [4.69, 9.17) is 5.73 Å². The predicted molar refractivity (Wildman–Crippen MR) is 103 cm³/mol. The molecular weight excluding hydrogens is 354 g/mol.